The lowest BCUT2D eigenvalue weighted by atomic mass is 10.1. The summed E-state index contributed by atoms with van der Waals surface area (Å²) < 4.78 is 4.86. The molecular weight excluding hydrogens is 362 g/mol. The smallest absolute Gasteiger partial charge is 0.408 e. The Balaban J connectivity index is 2.48. The summed E-state index contributed by atoms with van der Waals surface area (Å²) in [6.45, 7) is 2.39. The third kappa shape index (κ3) is 9.70. The van der Waals surface area contributed by atoms with E-state index in [2.05, 4.69) is 6.92 Å². The fourth-order valence-corrected chi connectivity index (χ4v) is 3.91. The third-order valence-electron chi connectivity index (χ3n) is 4.47. The molecule has 0 fully saturated rings. The van der Waals surface area contributed by atoms with Crippen molar-refractivity contribution in [1.29, 1.82) is 0 Å². The average molecular weight is 396 g/mol. The summed E-state index contributed by atoms with van der Waals surface area (Å²) in [7, 11) is 1.31. The van der Waals surface area contributed by atoms with Gasteiger partial charge in [-0.15, -0.1) is 0 Å². The van der Waals surface area contributed by atoms with Gasteiger partial charge in [0.2, 0.25) is 0 Å². The van der Waals surface area contributed by atoms with Gasteiger partial charge in [-0.25, -0.2) is 9.59 Å². The molecule has 0 aliphatic rings. The number of thioether (sulfide) groups is 1. The first-order valence-electron chi connectivity index (χ1n) is 9.79. The summed E-state index contributed by atoms with van der Waals surface area (Å²) in [5, 5.41) is 9.60. The highest BCUT2D eigenvalue weighted by molar-refractivity contribution is 7.99. The number of carboxylic acid groups (broad SMARTS) is 1. The molecule has 0 aliphatic carbocycles. The molecule has 1 rings (SSSR count). The van der Waals surface area contributed by atoms with E-state index in [1.165, 1.54) is 50.5 Å². The Morgan fingerprint density at radius 2 is 1.74 bits per heavy atom. The van der Waals surface area contributed by atoms with Crippen LogP contribution < -0.4 is 0 Å². The molecule has 1 aromatic rings. The average Bonchev–Trinajstić information content (AvgIpc) is 2.68. The molecule has 0 spiro atoms. The zero-order chi connectivity index (χ0) is 19.9. The van der Waals surface area contributed by atoms with Gasteiger partial charge < -0.3 is 9.84 Å². The van der Waals surface area contributed by atoms with Crippen molar-refractivity contribution in [3.63, 3.8) is 0 Å². The SMILES string of the molecule is CCCCCCCCSCC[C@@H](C(=O)OC)N(Cc1ccccc1)C(=O)O. The second-order valence-corrected chi connectivity index (χ2v) is 7.83. The summed E-state index contributed by atoms with van der Waals surface area (Å²) in [5.74, 6) is 1.30. The van der Waals surface area contributed by atoms with E-state index >= 15 is 0 Å². The van der Waals surface area contributed by atoms with Crippen LogP contribution in [-0.2, 0) is 16.1 Å². The summed E-state index contributed by atoms with van der Waals surface area (Å²) >= 11 is 1.78. The number of hydrogen-bond acceptors (Lipinski definition) is 4. The van der Waals surface area contributed by atoms with Gasteiger partial charge in [0, 0.05) is 6.54 Å². The standard InChI is InChI=1S/C21H33NO4S/c1-3-4-5-6-7-11-15-27-16-14-19(20(23)26-2)22(21(24)25)17-18-12-9-8-10-13-18/h8-10,12-13,19H,3-7,11,14-17H2,1-2H3,(H,24,25)/t19-/m0/s1. The Hall–Kier alpha value is -1.69. The Labute approximate surface area is 167 Å². The Kier molecular flexibility index (Phi) is 12.4. The zero-order valence-corrected chi connectivity index (χ0v) is 17.4. The maximum Gasteiger partial charge on any atom is 0.408 e. The highest BCUT2D eigenvalue weighted by Crippen LogP contribution is 2.17. The molecule has 27 heavy (non-hydrogen) atoms. The second-order valence-electron chi connectivity index (χ2n) is 6.60. The minimum Gasteiger partial charge on any atom is -0.467 e. The van der Waals surface area contributed by atoms with E-state index in [0.29, 0.717) is 6.42 Å². The molecule has 6 heteroatoms. The highest BCUT2D eigenvalue weighted by Gasteiger charge is 2.30. The number of benzene rings is 1. The number of methoxy groups -OCH3 is 1. The molecule has 0 unspecified atom stereocenters. The number of esters is 1. The summed E-state index contributed by atoms with van der Waals surface area (Å²) in [5.41, 5.74) is 0.855. The minimum atomic E-state index is -1.10. The number of ether oxygens (including phenoxy) is 1. The first-order chi connectivity index (χ1) is 13.1. The Morgan fingerprint density at radius 3 is 2.37 bits per heavy atom. The van der Waals surface area contributed by atoms with E-state index in [4.69, 9.17) is 4.74 Å². The third-order valence-corrected chi connectivity index (χ3v) is 5.57. The molecule has 0 aromatic heterocycles. The van der Waals surface area contributed by atoms with Crippen molar-refractivity contribution in [2.75, 3.05) is 18.6 Å². The van der Waals surface area contributed by atoms with Crippen LogP contribution in [-0.4, -0.2) is 46.7 Å². The van der Waals surface area contributed by atoms with Gasteiger partial charge in [-0.1, -0.05) is 69.4 Å². The van der Waals surface area contributed by atoms with Crippen molar-refractivity contribution in [2.45, 2.75) is 64.5 Å². The molecule has 0 saturated carbocycles. The lowest BCUT2D eigenvalue weighted by Crippen LogP contribution is -2.45. The molecule has 0 heterocycles. The van der Waals surface area contributed by atoms with Crippen LogP contribution in [0.3, 0.4) is 0 Å². The molecule has 1 amide bonds. The van der Waals surface area contributed by atoms with Gasteiger partial charge in [0.15, 0.2) is 0 Å². The maximum absolute atomic E-state index is 12.2. The van der Waals surface area contributed by atoms with Crippen molar-refractivity contribution in [3.05, 3.63) is 35.9 Å². The largest absolute Gasteiger partial charge is 0.467 e. The molecular formula is C21H33NO4S. The van der Waals surface area contributed by atoms with E-state index in [1.807, 2.05) is 30.3 Å². The zero-order valence-electron chi connectivity index (χ0n) is 16.6. The Morgan fingerprint density at radius 1 is 1.07 bits per heavy atom. The van der Waals surface area contributed by atoms with Crippen molar-refractivity contribution >= 4 is 23.8 Å². The molecule has 1 atom stereocenters. The summed E-state index contributed by atoms with van der Waals surface area (Å²) in [6, 6.07) is 8.54. The fraction of sp³-hybridized carbons (Fsp3) is 0.619. The number of rotatable bonds is 14. The maximum atomic E-state index is 12.2. The van der Waals surface area contributed by atoms with E-state index in [0.717, 1.165) is 17.1 Å². The van der Waals surface area contributed by atoms with Crippen LogP contribution in [0, 0.1) is 0 Å². The molecule has 152 valence electrons. The number of carbonyl (C=O) groups is 2. The minimum absolute atomic E-state index is 0.179. The van der Waals surface area contributed by atoms with Gasteiger partial charge in [0.1, 0.15) is 6.04 Å². The Bertz CT molecular complexity index is 538. The number of amides is 1. The van der Waals surface area contributed by atoms with Gasteiger partial charge in [0.05, 0.1) is 7.11 Å². The van der Waals surface area contributed by atoms with Crippen molar-refractivity contribution in [3.8, 4) is 0 Å². The summed E-state index contributed by atoms with van der Waals surface area (Å²) in [4.78, 5) is 25.1. The van der Waals surface area contributed by atoms with Crippen molar-refractivity contribution in [1.82, 2.24) is 4.90 Å². The predicted octanol–water partition coefficient (Wildman–Crippen LogP) is 5.19. The molecule has 5 nitrogen and oxygen atoms in total. The van der Waals surface area contributed by atoms with E-state index in [9.17, 15) is 14.7 Å². The van der Waals surface area contributed by atoms with Crippen LogP contribution in [0.25, 0.3) is 0 Å². The fourth-order valence-electron chi connectivity index (χ4n) is 2.91. The molecule has 0 bridgehead atoms. The van der Waals surface area contributed by atoms with Crippen molar-refractivity contribution in [2.24, 2.45) is 0 Å². The number of hydrogen-bond donors (Lipinski definition) is 1. The lowest BCUT2D eigenvalue weighted by molar-refractivity contribution is -0.146. The van der Waals surface area contributed by atoms with E-state index in [-0.39, 0.29) is 6.54 Å². The van der Waals surface area contributed by atoms with Crippen LogP contribution in [0.1, 0.15) is 57.4 Å². The van der Waals surface area contributed by atoms with Gasteiger partial charge in [-0.2, -0.15) is 11.8 Å². The molecule has 0 aliphatic heterocycles. The highest BCUT2D eigenvalue weighted by atomic mass is 32.2. The van der Waals surface area contributed by atoms with Crippen LogP contribution in [0.2, 0.25) is 0 Å². The number of nitrogens with zero attached hydrogens (tertiary/aromatic N) is 1. The van der Waals surface area contributed by atoms with Crippen LogP contribution in [0.5, 0.6) is 0 Å². The predicted molar refractivity (Wildman–Crippen MR) is 111 cm³/mol. The van der Waals surface area contributed by atoms with Gasteiger partial charge in [-0.05, 0) is 29.9 Å². The molecule has 0 saturated heterocycles. The van der Waals surface area contributed by atoms with Crippen molar-refractivity contribution < 1.29 is 19.4 Å². The van der Waals surface area contributed by atoms with Crippen LogP contribution in [0.4, 0.5) is 4.79 Å². The normalized spacial score (nSPS) is 11.8. The molecule has 1 N–H and O–H groups in total. The molecule has 1 aromatic carbocycles. The first kappa shape index (κ1) is 23.3. The number of unbranched alkanes of at least 4 members (excludes halogenated alkanes) is 5. The van der Waals surface area contributed by atoms with E-state index in [1.54, 1.807) is 11.8 Å². The monoisotopic (exact) mass is 395 g/mol. The summed E-state index contributed by atoms with van der Waals surface area (Å²) in [6.07, 6.45) is 6.92. The molecule has 0 radical (unpaired) electrons. The first-order valence-corrected chi connectivity index (χ1v) is 10.9. The van der Waals surface area contributed by atoms with Gasteiger partial charge in [0.25, 0.3) is 0 Å². The van der Waals surface area contributed by atoms with Crippen LogP contribution in [0.15, 0.2) is 30.3 Å². The quantitative estimate of drug-likeness (QED) is 0.347. The van der Waals surface area contributed by atoms with E-state index < -0.39 is 18.1 Å². The number of carbonyl (C=O) groups excluding carboxylic acids is 1. The van der Waals surface area contributed by atoms with Gasteiger partial charge in [-0.3, -0.25) is 4.90 Å². The topological polar surface area (TPSA) is 66.8 Å². The second kappa shape index (κ2) is 14.4. The van der Waals surface area contributed by atoms with Crippen LogP contribution >= 0.6 is 11.8 Å². The lowest BCUT2D eigenvalue weighted by Gasteiger charge is -2.27. The van der Waals surface area contributed by atoms with Gasteiger partial charge >= 0.3 is 12.1 Å².